The Bertz CT molecular complexity index is 666. The molecule has 0 aliphatic rings. The van der Waals surface area contributed by atoms with E-state index in [1.54, 1.807) is 12.3 Å². The van der Waals surface area contributed by atoms with E-state index in [2.05, 4.69) is 15.8 Å². The number of carbonyl (C=O) groups excluding carboxylic acids is 2. The fraction of sp³-hybridized carbons (Fsp3) is 0.143. The van der Waals surface area contributed by atoms with Crippen molar-refractivity contribution in [2.45, 2.75) is 12.6 Å². The van der Waals surface area contributed by atoms with Crippen molar-refractivity contribution in [3.63, 3.8) is 0 Å². The first-order valence-electron chi connectivity index (χ1n) is 6.25. The number of carbonyl (C=O) groups is 2. The molecule has 0 saturated carbocycles. The zero-order valence-electron chi connectivity index (χ0n) is 11.2. The predicted octanol–water partition coefficient (Wildman–Crippen LogP) is 2.04. The van der Waals surface area contributed by atoms with Crippen LogP contribution in [0.3, 0.4) is 0 Å². The van der Waals surface area contributed by atoms with Crippen LogP contribution in [0.1, 0.15) is 21.6 Å². The molecular formula is C14H12F3N3O2. The molecule has 0 spiro atoms. The number of alkyl halides is 3. The van der Waals surface area contributed by atoms with Crippen molar-refractivity contribution in [3.05, 3.63) is 59.4 Å². The van der Waals surface area contributed by atoms with Crippen LogP contribution < -0.4 is 10.9 Å². The van der Waals surface area contributed by atoms with Gasteiger partial charge in [-0.2, -0.15) is 13.2 Å². The van der Waals surface area contributed by atoms with Gasteiger partial charge in [0.1, 0.15) is 5.69 Å². The van der Waals surface area contributed by atoms with E-state index in [9.17, 15) is 22.8 Å². The maximum atomic E-state index is 12.6. The summed E-state index contributed by atoms with van der Waals surface area (Å²) in [4.78, 5) is 25.8. The third-order valence-electron chi connectivity index (χ3n) is 2.78. The van der Waals surface area contributed by atoms with Gasteiger partial charge in [-0.3, -0.25) is 20.4 Å². The highest BCUT2D eigenvalue weighted by molar-refractivity contribution is 5.93. The fourth-order valence-electron chi connectivity index (χ4n) is 1.75. The van der Waals surface area contributed by atoms with Gasteiger partial charge in [-0.05, 0) is 23.8 Å². The van der Waals surface area contributed by atoms with Crippen LogP contribution in [0.2, 0.25) is 0 Å². The van der Waals surface area contributed by atoms with Crippen molar-refractivity contribution in [1.29, 1.82) is 0 Å². The molecule has 3 N–H and O–H groups in total. The zero-order chi connectivity index (χ0) is 16.2. The molecule has 2 rings (SSSR count). The van der Waals surface area contributed by atoms with Crippen LogP contribution in [0.5, 0.6) is 0 Å². The van der Waals surface area contributed by atoms with Crippen molar-refractivity contribution < 1.29 is 22.8 Å². The molecular weight excluding hydrogens is 299 g/mol. The zero-order valence-corrected chi connectivity index (χ0v) is 11.2. The Morgan fingerprint density at radius 2 is 1.86 bits per heavy atom. The lowest BCUT2D eigenvalue weighted by atomic mass is 10.1. The van der Waals surface area contributed by atoms with Crippen LogP contribution in [-0.4, -0.2) is 16.8 Å². The highest BCUT2D eigenvalue weighted by Gasteiger charge is 2.30. The van der Waals surface area contributed by atoms with Crippen LogP contribution in [0.4, 0.5) is 13.2 Å². The molecule has 2 aromatic rings. The largest absolute Gasteiger partial charge is 0.416 e. The molecule has 0 aliphatic carbocycles. The minimum atomic E-state index is -4.46. The van der Waals surface area contributed by atoms with Gasteiger partial charge in [-0.1, -0.05) is 18.2 Å². The first kappa shape index (κ1) is 15.6. The van der Waals surface area contributed by atoms with Crippen molar-refractivity contribution in [1.82, 2.24) is 15.8 Å². The molecule has 1 aromatic carbocycles. The van der Waals surface area contributed by atoms with Gasteiger partial charge in [-0.25, -0.2) is 0 Å². The molecule has 0 unspecified atom stereocenters. The van der Waals surface area contributed by atoms with Crippen LogP contribution in [0, 0.1) is 0 Å². The third-order valence-corrected chi connectivity index (χ3v) is 2.78. The molecule has 22 heavy (non-hydrogen) atoms. The van der Waals surface area contributed by atoms with Crippen molar-refractivity contribution in [2.24, 2.45) is 0 Å². The molecule has 116 valence electrons. The summed E-state index contributed by atoms with van der Waals surface area (Å²) >= 11 is 0. The topological polar surface area (TPSA) is 74.0 Å². The van der Waals surface area contributed by atoms with Crippen LogP contribution in [-0.2, 0) is 17.4 Å². The van der Waals surface area contributed by atoms with Crippen LogP contribution in [0.15, 0.2) is 42.6 Å². The number of hydrazine groups is 1. The lowest BCUT2D eigenvalue weighted by Crippen LogP contribution is -2.42. The number of aromatic amines is 1. The Morgan fingerprint density at radius 1 is 1.09 bits per heavy atom. The van der Waals surface area contributed by atoms with E-state index in [-0.39, 0.29) is 17.7 Å². The van der Waals surface area contributed by atoms with Gasteiger partial charge in [0.25, 0.3) is 5.91 Å². The van der Waals surface area contributed by atoms with Crippen molar-refractivity contribution in [2.75, 3.05) is 0 Å². The average molecular weight is 311 g/mol. The number of H-pyrrole nitrogens is 1. The van der Waals surface area contributed by atoms with E-state index < -0.39 is 23.6 Å². The third kappa shape index (κ3) is 4.11. The van der Waals surface area contributed by atoms with Gasteiger partial charge in [0.05, 0.1) is 12.0 Å². The summed E-state index contributed by atoms with van der Waals surface area (Å²) in [6, 6.07) is 7.57. The van der Waals surface area contributed by atoms with Crippen molar-refractivity contribution in [3.8, 4) is 0 Å². The standard InChI is InChI=1S/C14H12F3N3O2/c15-14(16,17)10-4-1-3-9(7-10)8-12(21)19-20-13(22)11-5-2-6-18-11/h1-7,18H,8H2,(H,19,21)(H,20,22). The number of aromatic nitrogens is 1. The number of rotatable bonds is 3. The SMILES string of the molecule is O=C(Cc1cccc(C(F)(F)F)c1)NNC(=O)c1ccc[nH]1. The van der Waals surface area contributed by atoms with Gasteiger partial charge in [0, 0.05) is 6.20 Å². The average Bonchev–Trinajstić information content (AvgIpc) is 2.98. The van der Waals surface area contributed by atoms with E-state index in [0.29, 0.717) is 0 Å². The molecule has 0 aliphatic heterocycles. The first-order valence-corrected chi connectivity index (χ1v) is 6.25. The second-order valence-corrected chi connectivity index (χ2v) is 4.46. The fourth-order valence-corrected chi connectivity index (χ4v) is 1.75. The highest BCUT2D eigenvalue weighted by atomic mass is 19.4. The maximum absolute atomic E-state index is 12.6. The van der Waals surface area contributed by atoms with E-state index in [0.717, 1.165) is 12.1 Å². The Morgan fingerprint density at radius 3 is 2.50 bits per heavy atom. The molecule has 0 atom stereocenters. The summed E-state index contributed by atoms with van der Waals surface area (Å²) in [6.07, 6.45) is -3.21. The number of hydrogen-bond acceptors (Lipinski definition) is 2. The van der Waals surface area contributed by atoms with Gasteiger partial charge < -0.3 is 4.98 Å². The van der Waals surface area contributed by atoms with Crippen LogP contribution in [0.25, 0.3) is 0 Å². The lowest BCUT2D eigenvalue weighted by molar-refractivity contribution is -0.137. The minimum Gasteiger partial charge on any atom is -0.357 e. The van der Waals surface area contributed by atoms with E-state index in [1.807, 2.05) is 0 Å². The summed E-state index contributed by atoms with van der Waals surface area (Å²) in [6.45, 7) is 0. The normalized spacial score (nSPS) is 11.0. The van der Waals surface area contributed by atoms with Gasteiger partial charge >= 0.3 is 6.18 Å². The van der Waals surface area contributed by atoms with Crippen LogP contribution >= 0.6 is 0 Å². The predicted molar refractivity (Wildman–Crippen MR) is 71.5 cm³/mol. The maximum Gasteiger partial charge on any atom is 0.416 e. The smallest absolute Gasteiger partial charge is 0.357 e. The highest BCUT2D eigenvalue weighted by Crippen LogP contribution is 2.29. The molecule has 2 amide bonds. The second kappa shape index (κ2) is 6.33. The number of hydrogen-bond donors (Lipinski definition) is 3. The number of benzene rings is 1. The Labute approximate surface area is 123 Å². The lowest BCUT2D eigenvalue weighted by Gasteiger charge is -2.09. The summed E-state index contributed by atoms with van der Waals surface area (Å²) < 4.78 is 37.7. The molecule has 5 nitrogen and oxygen atoms in total. The van der Waals surface area contributed by atoms with Gasteiger partial charge in [-0.15, -0.1) is 0 Å². The Hall–Kier alpha value is -2.77. The Kier molecular flexibility index (Phi) is 4.50. The summed E-state index contributed by atoms with van der Waals surface area (Å²) in [7, 11) is 0. The second-order valence-electron chi connectivity index (χ2n) is 4.46. The number of amides is 2. The van der Waals surface area contributed by atoms with E-state index in [1.165, 1.54) is 18.2 Å². The molecule has 0 radical (unpaired) electrons. The molecule has 0 bridgehead atoms. The molecule has 8 heteroatoms. The van der Waals surface area contributed by atoms with E-state index >= 15 is 0 Å². The first-order chi connectivity index (χ1) is 10.4. The molecule has 1 aromatic heterocycles. The van der Waals surface area contributed by atoms with Gasteiger partial charge in [0.15, 0.2) is 0 Å². The molecule has 0 fully saturated rings. The number of halogens is 3. The van der Waals surface area contributed by atoms with Crippen molar-refractivity contribution >= 4 is 11.8 Å². The minimum absolute atomic E-state index is 0.196. The molecule has 1 heterocycles. The monoisotopic (exact) mass is 311 g/mol. The number of nitrogens with one attached hydrogen (secondary N) is 3. The quantitative estimate of drug-likeness (QED) is 0.759. The summed E-state index contributed by atoms with van der Waals surface area (Å²) in [5, 5.41) is 0. The summed E-state index contributed by atoms with van der Waals surface area (Å²) in [5.41, 5.74) is 3.92. The van der Waals surface area contributed by atoms with Gasteiger partial charge in [0.2, 0.25) is 5.91 Å². The molecule has 0 saturated heterocycles. The van der Waals surface area contributed by atoms with E-state index in [4.69, 9.17) is 0 Å². The summed E-state index contributed by atoms with van der Waals surface area (Å²) in [5.74, 6) is -1.18. The Balaban J connectivity index is 1.91.